The number of rotatable bonds is 6. The maximum atomic E-state index is 13.3. The lowest BCUT2D eigenvalue weighted by atomic mass is 10.0. The van der Waals surface area contributed by atoms with E-state index in [1.807, 2.05) is 4.90 Å². The molecule has 146 valence electrons. The highest BCUT2D eigenvalue weighted by molar-refractivity contribution is 8.13. The molecule has 4 rings (SSSR count). The molecule has 28 heavy (non-hydrogen) atoms. The van der Waals surface area contributed by atoms with Crippen molar-refractivity contribution in [2.24, 2.45) is 0 Å². The smallest absolute Gasteiger partial charge is 0.281 e. The molecule has 0 radical (unpaired) electrons. The van der Waals surface area contributed by atoms with Crippen LogP contribution in [0, 0.1) is 6.92 Å². The van der Waals surface area contributed by atoms with Gasteiger partial charge in [0.2, 0.25) is 5.91 Å². The topological polar surface area (TPSA) is 40.6 Å². The van der Waals surface area contributed by atoms with Gasteiger partial charge >= 0.3 is 0 Å². The molecule has 1 aliphatic carbocycles. The van der Waals surface area contributed by atoms with Crippen molar-refractivity contribution >= 4 is 22.9 Å². The molecule has 0 bridgehead atoms. The van der Waals surface area contributed by atoms with E-state index in [1.54, 1.807) is 4.90 Å². The van der Waals surface area contributed by atoms with Gasteiger partial charge in [0.25, 0.3) is 5.24 Å². The van der Waals surface area contributed by atoms with Crippen molar-refractivity contribution in [2.45, 2.75) is 38.8 Å². The maximum absolute atomic E-state index is 13.3. The molecule has 0 aromatic heterocycles. The van der Waals surface area contributed by atoms with Crippen LogP contribution in [0.15, 0.2) is 48.5 Å². The van der Waals surface area contributed by atoms with Crippen molar-refractivity contribution < 1.29 is 9.59 Å². The molecular weight excluding hydrogens is 368 g/mol. The second kappa shape index (κ2) is 8.39. The van der Waals surface area contributed by atoms with Crippen LogP contribution in [0.1, 0.15) is 41.1 Å². The van der Waals surface area contributed by atoms with Crippen LogP contribution in [-0.2, 0) is 17.8 Å². The zero-order valence-electron chi connectivity index (χ0n) is 16.3. The molecule has 1 aliphatic heterocycles. The van der Waals surface area contributed by atoms with E-state index < -0.39 is 0 Å². The number of hydrogen-bond donors (Lipinski definition) is 0. The zero-order chi connectivity index (χ0) is 19.5. The zero-order valence-corrected chi connectivity index (χ0v) is 17.1. The molecule has 1 saturated heterocycles. The summed E-state index contributed by atoms with van der Waals surface area (Å²) in [7, 11) is 0. The van der Waals surface area contributed by atoms with Crippen LogP contribution in [0.2, 0.25) is 0 Å². The standard InChI is InChI=1S/C23H26N2O2S/c1-17-6-8-18(9-7-17)16-25(21-11-10-19-4-2-3-5-20(19)21)22(26)12-13-24-14-15-28-23(24)27/h2-9,21H,10-16H2,1H3. The van der Waals surface area contributed by atoms with Gasteiger partial charge in [0.15, 0.2) is 0 Å². The summed E-state index contributed by atoms with van der Waals surface area (Å²) in [5, 5.41) is 0.101. The summed E-state index contributed by atoms with van der Waals surface area (Å²) in [6.45, 7) is 3.95. The second-order valence-electron chi connectivity index (χ2n) is 7.61. The first-order valence-electron chi connectivity index (χ1n) is 9.96. The van der Waals surface area contributed by atoms with Crippen LogP contribution in [0.3, 0.4) is 0 Å². The second-order valence-corrected chi connectivity index (χ2v) is 8.66. The van der Waals surface area contributed by atoms with E-state index in [1.165, 1.54) is 28.5 Å². The van der Waals surface area contributed by atoms with Crippen LogP contribution in [-0.4, -0.2) is 39.8 Å². The first-order valence-corrected chi connectivity index (χ1v) is 10.9. The fourth-order valence-corrected chi connectivity index (χ4v) is 4.98. The molecule has 2 amide bonds. The highest BCUT2D eigenvalue weighted by Crippen LogP contribution is 2.37. The Bertz CT molecular complexity index is 865. The van der Waals surface area contributed by atoms with E-state index in [2.05, 4.69) is 55.5 Å². The van der Waals surface area contributed by atoms with E-state index in [4.69, 9.17) is 0 Å². The summed E-state index contributed by atoms with van der Waals surface area (Å²) in [5.74, 6) is 0.961. The normalized spacial score (nSPS) is 18.4. The quantitative estimate of drug-likeness (QED) is 0.721. The fraction of sp³-hybridized carbons (Fsp3) is 0.391. The largest absolute Gasteiger partial charge is 0.332 e. The van der Waals surface area contributed by atoms with Gasteiger partial charge in [0, 0.05) is 31.8 Å². The molecule has 2 aromatic carbocycles. The first kappa shape index (κ1) is 19.1. The molecule has 2 aromatic rings. The Hall–Kier alpha value is -2.27. The van der Waals surface area contributed by atoms with Crippen molar-refractivity contribution in [2.75, 3.05) is 18.8 Å². The molecule has 1 unspecified atom stereocenters. The Kier molecular flexibility index (Phi) is 5.72. The van der Waals surface area contributed by atoms with Crippen LogP contribution < -0.4 is 0 Å². The Morgan fingerprint density at radius 3 is 2.71 bits per heavy atom. The summed E-state index contributed by atoms with van der Waals surface area (Å²) in [6.07, 6.45) is 2.37. The molecule has 1 heterocycles. The third-order valence-electron chi connectivity index (χ3n) is 5.71. The minimum absolute atomic E-state index is 0.101. The predicted octanol–water partition coefficient (Wildman–Crippen LogP) is 4.57. The lowest BCUT2D eigenvalue weighted by Gasteiger charge is -2.31. The Labute approximate surface area is 170 Å². The van der Waals surface area contributed by atoms with Gasteiger partial charge in [-0.15, -0.1) is 0 Å². The number of carbonyl (C=O) groups excluding carboxylic acids is 2. The van der Waals surface area contributed by atoms with E-state index in [9.17, 15) is 9.59 Å². The first-order chi connectivity index (χ1) is 13.6. The minimum atomic E-state index is 0.101. The van der Waals surface area contributed by atoms with Gasteiger partial charge in [0.1, 0.15) is 0 Å². The maximum Gasteiger partial charge on any atom is 0.281 e. The number of aryl methyl sites for hydroxylation is 2. The number of amides is 2. The van der Waals surface area contributed by atoms with E-state index in [-0.39, 0.29) is 17.2 Å². The predicted molar refractivity (Wildman–Crippen MR) is 113 cm³/mol. The van der Waals surface area contributed by atoms with Crippen molar-refractivity contribution in [1.82, 2.24) is 9.80 Å². The number of benzene rings is 2. The number of hydrogen-bond acceptors (Lipinski definition) is 3. The van der Waals surface area contributed by atoms with E-state index in [0.717, 1.165) is 30.7 Å². The average molecular weight is 395 g/mol. The van der Waals surface area contributed by atoms with Gasteiger partial charge in [-0.05, 0) is 36.5 Å². The SMILES string of the molecule is Cc1ccc(CN(C(=O)CCN2CCSC2=O)C2CCc3ccccc32)cc1. The van der Waals surface area contributed by atoms with E-state index in [0.29, 0.717) is 19.5 Å². The van der Waals surface area contributed by atoms with Crippen LogP contribution in [0.5, 0.6) is 0 Å². The van der Waals surface area contributed by atoms with Crippen molar-refractivity contribution in [1.29, 1.82) is 0 Å². The lowest BCUT2D eigenvalue weighted by Crippen LogP contribution is -2.36. The Morgan fingerprint density at radius 2 is 1.96 bits per heavy atom. The van der Waals surface area contributed by atoms with Gasteiger partial charge in [-0.25, -0.2) is 0 Å². The summed E-state index contributed by atoms with van der Waals surface area (Å²) in [4.78, 5) is 29.0. The third kappa shape index (κ3) is 4.09. The minimum Gasteiger partial charge on any atom is -0.332 e. The Morgan fingerprint density at radius 1 is 1.18 bits per heavy atom. The van der Waals surface area contributed by atoms with Crippen LogP contribution in [0.4, 0.5) is 4.79 Å². The van der Waals surface area contributed by atoms with Gasteiger partial charge in [-0.2, -0.15) is 0 Å². The number of nitrogens with zero attached hydrogens (tertiary/aromatic N) is 2. The summed E-state index contributed by atoms with van der Waals surface area (Å²) < 4.78 is 0. The molecule has 5 heteroatoms. The lowest BCUT2D eigenvalue weighted by molar-refractivity contribution is -0.134. The average Bonchev–Trinajstić information content (AvgIpc) is 3.32. The molecular formula is C23H26N2O2S. The summed E-state index contributed by atoms with van der Waals surface area (Å²) in [5.41, 5.74) is 4.99. The number of thioether (sulfide) groups is 1. The molecule has 0 spiro atoms. The molecule has 1 atom stereocenters. The van der Waals surface area contributed by atoms with Crippen LogP contribution in [0.25, 0.3) is 0 Å². The van der Waals surface area contributed by atoms with Gasteiger partial charge < -0.3 is 9.80 Å². The van der Waals surface area contributed by atoms with Crippen LogP contribution >= 0.6 is 11.8 Å². The molecule has 0 saturated carbocycles. The van der Waals surface area contributed by atoms with Crippen molar-refractivity contribution in [3.63, 3.8) is 0 Å². The highest BCUT2D eigenvalue weighted by Gasteiger charge is 2.31. The summed E-state index contributed by atoms with van der Waals surface area (Å²) >= 11 is 1.35. The van der Waals surface area contributed by atoms with E-state index >= 15 is 0 Å². The Balaban J connectivity index is 1.53. The molecule has 2 aliphatic rings. The highest BCUT2D eigenvalue weighted by atomic mass is 32.2. The van der Waals surface area contributed by atoms with Gasteiger partial charge in [-0.3, -0.25) is 9.59 Å². The van der Waals surface area contributed by atoms with Gasteiger partial charge in [0.05, 0.1) is 6.04 Å². The number of fused-ring (bicyclic) bond motifs is 1. The number of carbonyl (C=O) groups is 2. The molecule has 4 nitrogen and oxygen atoms in total. The monoisotopic (exact) mass is 394 g/mol. The molecule has 1 fully saturated rings. The van der Waals surface area contributed by atoms with Crippen molar-refractivity contribution in [3.8, 4) is 0 Å². The van der Waals surface area contributed by atoms with Gasteiger partial charge in [-0.1, -0.05) is 65.9 Å². The van der Waals surface area contributed by atoms with Crippen molar-refractivity contribution in [3.05, 3.63) is 70.8 Å². The summed E-state index contributed by atoms with van der Waals surface area (Å²) in [6, 6.07) is 17.0. The molecule has 0 N–H and O–H groups in total. The fourth-order valence-electron chi connectivity index (χ4n) is 4.12. The third-order valence-corrected chi connectivity index (χ3v) is 6.60.